The molecule has 0 aromatic rings. The van der Waals surface area contributed by atoms with Crippen molar-refractivity contribution in [3.8, 4) is 0 Å². The van der Waals surface area contributed by atoms with E-state index in [9.17, 15) is 0 Å². The second-order valence-corrected chi connectivity index (χ2v) is 1.80. The second-order valence-electron chi connectivity index (χ2n) is 0.600. The molecule has 0 amide bonds. The summed E-state index contributed by atoms with van der Waals surface area (Å²) in [6.07, 6.45) is 0. The van der Waals surface area contributed by atoms with Crippen LogP contribution < -0.4 is 51.4 Å². The van der Waals surface area contributed by atoms with Crippen molar-refractivity contribution >= 4 is 69.8 Å². The van der Waals surface area contributed by atoms with Gasteiger partial charge in [0.15, 0.2) is 0 Å². The quantitative estimate of drug-likeness (QED) is 0.297. The molecule has 0 aromatic heterocycles. The zero-order valence-electron chi connectivity index (χ0n) is 9.70. The Hall–Kier alpha value is 3.72. The average Bonchev–Trinajstić information content (AvgIpc) is 0.722. The summed E-state index contributed by atoms with van der Waals surface area (Å²) < 4.78 is 0. The van der Waals surface area contributed by atoms with E-state index in [0.29, 0.717) is 0 Å². The molecular weight excluding hydrogens is 196 g/mol. The van der Waals surface area contributed by atoms with Crippen LogP contribution in [0.4, 0.5) is 0 Å². The van der Waals surface area contributed by atoms with Gasteiger partial charge in [0, 0.05) is 0 Å². The Morgan fingerprint density at radius 3 is 1.00 bits per heavy atom. The molecule has 0 aliphatic heterocycles. The van der Waals surface area contributed by atoms with Crippen LogP contribution in [0.3, 0.4) is 0 Å². The molecule has 0 unspecified atom stereocenters. The van der Waals surface area contributed by atoms with E-state index >= 15 is 0 Å². The van der Waals surface area contributed by atoms with E-state index in [1.54, 1.807) is 0 Å². The molecule has 0 saturated carbocycles. The molecule has 8 heavy (non-hydrogen) atoms. The maximum atomic E-state index is 7.33. The standard InChI is InChI=1S/Ca.K.Mg.H4O4Si.5H/c;;;1-5(2,3)4;;;;;/h;;;1-4H;;;;;/q+2;+1;+2;;5*-1. The first kappa shape index (κ1) is 22.6. The van der Waals surface area contributed by atoms with E-state index in [4.69, 9.17) is 19.2 Å². The summed E-state index contributed by atoms with van der Waals surface area (Å²) in [5.74, 6) is 0. The van der Waals surface area contributed by atoms with Crippen molar-refractivity contribution in [2.45, 2.75) is 0 Å². The van der Waals surface area contributed by atoms with Crippen LogP contribution in [0.25, 0.3) is 0 Å². The summed E-state index contributed by atoms with van der Waals surface area (Å²) in [5.41, 5.74) is 0. The van der Waals surface area contributed by atoms with Gasteiger partial charge in [0.25, 0.3) is 0 Å². The van der Waals surface area contributed by atoms with E-state index in [0.717, 1.165) is 0 Å². The fraction of sp³-hybridized carbons (Fsp3) is 0. The van der Waals surface area contributed by atoms with Gasteiger partial charge in [-0.2, -0.15) is 0 Å². The summed E-state index contributed by atoms with van der Waals surface area (Å²) in [6.45, 7) is 0. The van der Waals surface area contributed by atoms with E-state index in [-0.39, 0.29) is 119 Å². The van der Waals surface area contributed by atoms with Crippen LogP contribution in [0.15, 0.2) is 0 Å². The first-order valence-electron chi connectivity index (χ1n) is 0.894. The predicted octanol–water partition coefficient (Wildman–Crippen LogP) is -5.80. The van der Waals surface area contributed by atoms with E-state index in [1.165, 1.54) is 0 Å². The molecule has 0 saturated heterocycles. The average molecular weight is 205 g/mol. The maximum absolute atomic E-state index is 7.33. The van der Waals surface area contributed by atoms with Gasteiger partial charge in [-0.3, -0.25) is 0 Å². The number of hydrogen-bond donors (Lipinski definition) is 4. The minimum atomic E-state index is -4.61. The van der Waals surface area contributed by atoms with Gasteiger partial charge in [-0.15, -0.1) is 0 Å². The van der Waals surface area contributed by atoms with Gasteiger partial charge in [-0.05, 0) is 0 Å². The Bertz CT molecular complexity index is 44.0. The zero-order valence-corrected chi connectivity index (χ0v) is 12.4. The summed E-state index contributed by atoms with van der Waals surface area (Å²) >= 11 is 0. The fourth-order valence-electron chi connectivity index (χ4n) is 0. The molecule has 0 atom stereocenters. The van der Waals surface area contributed by atoms with Crippen LogP contribution in [-0.2, 0) is 0 Å². The van der Waals surface area contributed by atoms with Crippen LogP contribution >= 0.6 is 0 Å². The van der Waals surface area contributed by atoms with Crippen molar-refractivity contribution in [1.82, 2.24) is 0 Å². The van der Waals surface area contributed by atoms with Gasteiger partial charge in [0.2, 0.25) is 0 Å². The predicted molar refractivity (Wildman–Crippen MR) is 31.7 cm³/mol. The van der Waals surface area contributed by atoms with Gasteiger partial charge in [0.05, 0.1) is 0 Å². The summed E-state index contributed by atoms with van der Waals surface area (Å²) in [6, 6.07) is 0. The van der Waals surface area contributed by atoms with E-state index < -0.39 is 9.05 Å². The van der Waals surface area contributed by atoms with Gasteiger partial charge in [-0.1, -0.05) is 0 Å². The van der Waals surface area contributed by atoms with Gasteiger partial charge < -0.3 is 26.3 Å². The third-order valence-electron chi connectivity index (χ3n) is 0. The molecule has 0 bridgehead atoms. The van der Waals surface area contributed by atoms with Crippen LogP contribution in [0.2, 0.25) is 0 Å². The largest absolute Gasteiger partial charge is 2.00 e. The minimum absolute atomic E-state index is 0. The molecule has 0 rings (SSSR count). The Morgan fingerprint density at radius 2 is 1.00 bits per heavy atom. The molecule has 0 aliphatic rings. The first-order chi connectivity index (χ1) is 2.00. The Morgan fingerprint density at radius 1 is 1.00 bits per heavy atom. The van der Waals surface area contributed by atoms with Crippen LogP contribution in [0.5, 0.6) is 0 Å². The number of hydrogen-bond acceptors (Lipinski definition) is 4. The van der Waals surface area contributed by atoms with Gasteiger partial charge in [-0.25, -0.2) is 0 Å². The van der Waals surface area contributed by atoms with Crippen LogP contribution in [-0.4, -0.2) is 89.0 Å². The third kappa shape index (κ3) is 53.4. The number of rotatable bonds is 0. The molecule has 0 aliphatic carbocycles. The molecule has 0 radical (unpaired) electrons. The molecule has 0 spiro atoms. The molecule has 4 nitrogen and oxygen atoms in total. The maximum Gasteiger partial charge on any atom is 2.00 e. The van der Waals surface area contributed by atoms with Crippen LogP contribution in [0, 0.1) is 0 Å². The molecule has 42 valence electrons. The Balaban J connectivity index is -0.00000000286. The van der Waals surface area contributed by atoms with Crippen molar-refractivity contribution < 1.29 is 77.7 Å². The summed E-state index contributed by atoms with van der Waals surface area (Å²) in [4.78, 5) is 29.3. The van der Waals surface area contributed by atoms with Gasteiger partial charge >= 0.3 is 121 Å². The van der Waals surface area contributed by atoms with E-state index in [2.05, 4.69) is 0 Å². The molecule has 8 heteroatoms. The zero-order chi connectivity index (χ0) is 4.50. The SMILES string of the molecule is O[Si](O)(O)O.[Ca+2].[H-].[H-].[H-].[H-].[H-].[K+].[Mg+2]. The van der Waals surface area contributed by atoms with Crippen LogP contribution in [0.1, 0.15) is 7.13 Å². The topological polar surface area (TPSA) is 80.9 Å². The Labute approximate surface area is 144 Å². The molecule has 0 heterocycles. The van der Waals surface area contributed by atoms with Crippen molar-refractivity contribution in [3.05, 3.63) is 0 Å². The normalized spacial score (nSPS) is 7.50. The second kappa shape index (κ2) is 10.7. The van der Waals surface area contributed by atoms with Crippen molar-refractivity contribution in [2.24, 2.45) is 0 Å². The molecular formula is H9CaKMgO4Si. The van der Waals surface area contributed by atoms with E-state index in [1.807, 2.05) is 0 Å². The molecule has 4 N–H and O–H groups in total. The van der Waals surface area contributed by atoms with Crippen molar-refractivity contribution in [3.63, 3.8) is 0 Å². The molecule has 0 aromatic carbocycles. The Kier molecular flexibility index (Phi) is 30.3. The summed E-state index contributed by atoms with van der Waals surface area (Å²) in [7, 11) is -4.61. The minimum Gasteiger partial charge on any atom is -1.00 e. The van der Waals surface area contributed by atoms with Gasteiger partial charge in [0.1, 0.15) is 0 Å². The molecule has 0 fully saturated rings. The van der Waals surface area contributed by atoms with Crippen molar-refractivity contribution in [2.75, 3.05) is 0 Å². The summed E-state index contributed by atoms with van der Waals surface area (Å²) in [5, 5.41) is 0. The monoisotopic (exact) mass is 204 g/mol. The first-order valence-corrected chi connectivity index (χ1v) is 2.68. The third-order valence-corrected chi connectivity index (χ3v) is 0. The smallest absolute Gasteiger partial charge is 1.00 e. The fourth-order valence-corrected chi connectivity index (χ4v) is 0. The van der Waals surface area contributed by atoms with Crippen molar-refractivity contribution in [1.29, 1.82) is 0 Å².